The van der Waals surface area contributed by atoms with E-state index < -0.39 is 11.6 Å². The van der Waals surface area contributed by atoms with Crippen molar-refractivity contribution in [1.29, 1.82) is 0 Å². The summed E-state index contributed by atoms with van der Waals surface area (Å²) in [6.45, 7) is 4.61. The number of rotatable bonds is 1. The number of phenols is 2. The smallest absolute Gasteiger partial charge is 0.342 e. The van der Waals surface area contributed by atoms with Gasteiger partial charge in [-0.15, -0.1) is 0 Å². The average Bonchev–Trinajstić information content (AvgIpc) is 3.16. The summed E-state index contributed by atoms with van der Waals surface area (Å²) >= 11 is 0. The number of fused-ring (bicyclic) bond motifs is 5. The van der Waals surface area contributed by atoms with Crippen LogP contribution >= 0.6 is 0 Å². The maximum atomic E-state index is 13.4. The van der Waals surface area contributed by atoms with E-state index in [-0.39, 0.29) is 41.3 Å². The molecule has 0 bridgehead atoms. The Morgan fingerprint density at radius 1 is 1.03 bits per heavy atom. The van der Waals surface area contributed by atoms with Crippen LogP contribution in [0.2, 0.25) is 0 Å². The minimum Gasteiger partial charge on any atom is -0.504 e. The Bertz CT molecular complexity index is 1450. The quantitative estimate of drug-likeness (QED) is 0.277. The summed E-state index contributed by atoms with van der Waals surface area (Å²) in [5.41, 5.74) is 1.43. The largest absolute Gasteiger partial charge is 0.504 e. The number of cyclic esters (lactones) is 1. The van der Waals surface area contributed by atoms with E-state index in [2.05, 4.69) is 16.8 Å². The molecule has 3 aliphatic rings. The first-order valence-electron chi connectivity index (χ1n) is 11.2. The Kier molecular flexibility index (Phi) is 4.27. The lowest BCUT2D eigenvalue weighted by molar-refractivity contribution is -0.169. The van der Waals surface area contributed by atoms with Gasteiger partial charge in [-0.1, -0.05) is 0 Å². The number of hydrogen-bond acceptors (Lipinski definition) is 9. The first-order chi connectivity index (χ1) is 16.2. The number of aliphatic hydroxyl groups is 1. The molecule has 1 atom stereocenters. The first kappa shape index (κ1) is 20.9. The van der Waals surface area contributed by atoms with E-state index in [4.69, 9.17) is 9.72 Å². The fourth-order valence-electron chi connectivity index (χ4n) is 5.23. The zero-order valence-corrected chi connectivity index (χ0v) is 18.8. The molecule has 0 aliphatic carbocycles. The van der Waals surface area contributed by atoms with Crippen molar-refractivity contribution in [2.45, 2.75) is 25.7 Å². The zero-order valence-electron chi connectivity index (χ0n) is 18.8. The number of phenolic OH excluding ortho intramolecular Hbond substituents is 2. The fourth-order valence-corrected chi connectivity index (χ4v) is 5.23. The average molecular weight is 464 g/mol. The molecule has 1 saturated heterocycles. The highest BCUT2D eigenvalue weighted by Gasteiger charge is 2.43. The molecular weight excluding hydrogens is 440 g/mol. The second-order valence-electron chi connectivity index (χ2n) is 9.40. The van der Waals surface area contributed by atoms with Gasteiger partial charge in [-0.3, -0.25) is 4.79 Å². The van der Waals surface area contributed by atoms with Gasteiger partial charge in [0.2, 0.25) is 0 Å². The van der Waals surface area contributed by atoms with Gasteiger partial charge in [-0.05, 0) is 26.1 Å². The van der Waals surface area contributed by atoms with Crippen molar-refractivity contribution in [2.75, 3.05) is 38.1 Å². The molecule has 2 aromatic heterocycles. The highest BCUT2D eigenvalue weighted by Crippen LogP contribution is 2.44. The van der Waals surface area contributed by atoms with Crippen molar-refractivity contribution in [3.8, 4) is 22.9 Å². The van der Waals surface area contributed by atoms with Crippen LogP contribution in [0.1, 0.15) is 23.6 Å². The molecule has 0 amide bonds. The van der Waals surface area contributed by atoms with Crippen molar-refractivity contribution >= 4 is 22.6 Å². The van der Waals surface area contributed by atoms with Crippen molar-refractivity contribution in [1.82, 2.24) is 14.5 Å². The number of nitrogens with zero attached hydrogens (tertiary/aromatic N) is 4. The normalized spacial score (nSPS) is 21.9. The minimum absolute atomic E-state index is 0.192. The van der Waals surface area contributed by atoms with Crippen molar-refractivity contribution in [2.24, 2.45) is 0 Å². The van der Waals surface area contributed by atoms with Gasteiger partial charge in [0.25, 0.3) is 5.56 Å². The van der Waals surface area contributed by atoms with Crippen LogP contribution in [0.3, 0.4) is 0 Å². The lowest BCUT2D eigenvalue weighted by Crippen LogP contribution is -2.45. The third-order valence-electron chi connectivity index (χ3n) is 7.20. The van der Waals surface area contributed by atoms with Gasteiger partial charge in [0, 0.05) is 48.8 Å². The number of hydrogen-bond donors (Lipinski definition) is 3. The molecule has 3 N–H and O–H groups in total. The van der Waals surface area contributed by atoms with Crippen LogP contribution in [0, 0.1) is 0 Å². The Morgan fingerprint density at radius 3 is 2.47 bits per heavy atom. The van der Waals surface area contributed by atoms with E-state index in [0.717, 1.165) is 37.4 Å². The van der Waals surface area contributed by atoms with Crippen molar-refractivity contribution in [3.05, 3.63) is 45.2 Å². The number of aromatic hydroxyl groups is 2. The van der Waals surface area contributed by atoms with Crippen LogP contribution in [-0.2, 0) is 28.3 Å². The molecule has 1 aromatic carbocycles. The van der Waals surface area contributed by atoms with Crippen LogP contribution < -0.4 is 10.5 Å². The molecule has 176 valence electrons. The standard InChI is InChI=1S/C24H24N4O6/c1-24(33)15-8-17-20-13(10-28(17)22(31)14(15)11-34-23(24)32)21(27-5-3-26(2)4-6-27)12-7-18(29)19(30)9-16(12)25-20/h7-9,29-30,33H,3-6,10-11H2,1-2H3/t24-/m0/s1. The topological polar surface area (TPSA) is 128 Å². The van der Waals surface area contributed by atoms with Gasteiger partial charge < -0.3 is 34.4 Å². The Balaban J connectivity index is 1.64. The summed E-state index contributed by atoms with van der Waals surface area (Å²) in [5.74, 6) is -1.32. The predicted octanol–water partition coefficient (Wildman–Crippen LogP) is 0.853. The van der Waals surface area contributed by atoms with Crippen LogP contribution in [0.5, 0.6) is 11.5 Å². The van der Waals surface area contributed by atoms with Crippen LogP contribution in [0.4, 0.5) is 5.69 Å². The zero-order chi connectivity index (χ0) is 23.9. The van der Waals surface area contributed by atoms with Crippen LogP contribution in [-0.4, -0.2) is 69.0 Å². The number of ether oxygens (including phenoxy) is 1. The van der Waals surface area contributed by atoms with Gasteiger partial charge in [-0.2, -0.15) is 0 Å². The highest BCUT2D eigenvalue weighted by molar-refractivity contribution is 5.99. The molecule has 10 heteroatoms. The highest BCUT2D eigenvalue weighted by atomic mass is 16.6. The number of piperazine rings is 1. The molecule has 0 radical (unpaired) electrons. The van der Waals surface area contributed by atoms with E-state index >= 15 is 0 Å². The predicted molar refractivity (Wildman–Crippen MR) is 123 cm³/mol. The number of likely N-dealkylation sites (N-methyl/N-ethyl adjacent to an activating group) is 1. The molecule has 0 unspecified atom stereocenters. The maximum absolute atomic E-state index is 13.4. The lowest BCUT2D eigenvalue weighted by atomic mass is 9.90. The molecule has 3 aromatic rings. The molecule has 0 spiro atoms. The second kappa shape index (κ2) is 6.94. The molecule has 5 heterocycles. The number of pyridine rings is 2. The Morgan fingerprint density at radius 2 is 1.74 bits per heavy atom. The summed E-state index contributed by atoms with van der Waals surface area (Å²) in [5, 5.41) is 31.9. The van der Waals surface area contributed by atoms with Crippen molar-refractivity contribution < 1.29 is 24.9 Å². The summed E-state index contributed by atoms with van der Waals surface area (Å²) in [4.78, 5) is 34.9. The fraction of sp³-hybridized carbons (Fsp3) is 0.375. The number of carbonyl (C=O) groups excluding carboxylic acids is 1. The second-order valence-corrected chi connectivity index (χ2v) is 9.40. The van der Waals surface area contributed by atoms with Crippen molar-refractivity contribution in [3.63, 3.8) is 0 Å². The third kappa shape index (κ3) is 2.78. The third-order valence-corrected chi connectivity index (χ3v) is 7.20. The number of esters is 1. The first-order valence-corrected chi connectivity index (χ1v) is 11.2. The molecule has 3 aliphatic heterocycles. The molecule has 6 rings (SSSR count). The summed E-state index contributed by atoms with van der Waals surface area (Å²) in [6.07, 6.45) is 0. The maximum Gasteiger partial charge on any atom is 0.342 e. The molecule has 34 heavy (non-hydrogen) atoms. The van der Waals surface area contributed by atoms with Crippen LogP contribution in [0.15, 0.2) is 23.0 Å². The number of carbonyl (C=O) groups is 1. The summed E-state index contributed by atoms with van der Waals surface area (Å²) < 4.78 is 6.66. The minimum atomic E-state index is -1.94. The van der Waals surface area contributed by atoms with Gasteiger partial charge in [0.1, 0.15) is 6.61 Å². The van der Waals surface area contributed by atoms with E-state index in [1.807, 2.05) is 0 Å². The number of aromatic nitrogens is 2. The summed E-state index contributed by atoms with van der Waals surface area (Å²) in [6, 6.07) is 4.58. The molecule has 10 nitrogen and oxygen atoms in total. The Hall–Kier alpha value is -3.63. The molecule has 0 saturated carbocycles. The summed E-state index contributed by atoms with van der Waals surface area (Å²) in [7, 11) is 2.06. The van der Waals surface area contributed by atoms with Gasteiger partial charge in [0.15, 0.2) is 17.1 Å². The van der Waals surface area contributed by atoms with E-state index in [1.54, 1.807) is 10.6 Å². The van der Waals surface area contributed by atoms with E-state index in [9.17, 15) is 24.9 Å². The lowest BCUT2D eigenvalue weighted by Gasteiger charge is -2.35. The van der Waals surface area contributed by atoms with Gasteiger partial charge in [-0.25, -0.2) is 9.78 Å². The SMILES string of the molecule is CN1CCN(c2c3c(nc4cc(O)c(O)cc24)-c2cc4c(c(=O)n2C3)COC(=O)[C@@]4(C)O)CC1. The monoisotopic (exact) mass is 464 g/mol. The number of benzene rings is 1. The van der Waals surface area contributed by atoms with E-state index in [1.165, 1.54) is 19.1 Å². The number of anilines is 1. The van der Waals surface area contributed by atoms with E-state index in [0.29, 0.717) is 22.3 Å². The molecule has 1 fully saturated rings. The van der Waals surface area contributed by atoms with Gasteiger partial charge >= 0.3 is 5.97 Å². The van der Waals surface area contributed by atoms with Gasteiger partial charge in [0.05, 0.1) is 34.7 Å². The molecular formula is C24H24N4O6. The van der Waals surface area contributed by atoms with Crippen LogP contribution in [0.25, 0.3) is 22.3 Å². The Labute approximate surface area is 194 Å².